The first-order valence-electron chi connectivity index (χ1n) is 14.8. The zero-order valence-electron chi connectivity index (χ0n) is 26.3. The molecule has 2 aromatic rings. The van der Waals surface area contributed by atoms with Gasteiger partial charge in [-0.25, -0.2) is 0 Å². The van der Waals surface area contributed by atoms with Crippen LogP contribution >= 0.6 is 0 Å². The van der Waals surface area contributed by atoms with Gasteiger partial charge in [-0.3, -0.25) is 9.59 Å². The van der Waals surface area contributed by atoms with Crippen LogP contribution in [-0.2, 0) is 16.2 Å². The predicted octanol–water partition coefficient (Wildman–Crippen LogP) is 6.91. The van der Waals surface area contributed by atoms with E-state index in [4.69, 9.17) is 4.74 Å². The average molecular weight is 554 g/mol. The number of carbonyl (C=O) groups excluding carboxylic acids is 2. The summed E-state index contributed by atoms with van der Waals surface area (Å²) < 4.78 is 5.65. The van der Waals surface area contributed by atoms with Crippen LogP contribution in [0.15, 0.2) is 54.6 Å². The Labute approximate surface area is 244 Å². The van der Waals surface area contributed by atoms with Crippen LogP contribution in [0, 0.1) is 12.8 Å². The molecular weight excluding hydrogens is 498 g/mol. The molecule has 0 heterocycles. The summed E-state index contributed by atoms with van der Waals surface area (Å²) in [6, 6.07) is 19.9. The van der Waals surface area contributed by atoms with Crippen molar-refractivity contribution >= 4 is 12.3 Å². The zero-order valence-corrected chi connectivity index (χ0v) is 26.3. The van der Waals surface area contributed by atoms with Crippen LogP contribution in [0.2, 0.25) is 0 Å². The largest absolute Gasteiger partial charge is 0.489 e. The molecule has 0 aromatic heterocycles. The summed E-state index contributed by atoms with van der Waals surface area (Å²) in [6.45, 7) is 15.4. The van der Waals surface area contributed by atoms with Gasteiger partial charge in [-0.05, 0) is 84.5 Å². The first kappa shape index (κ1) is 35.2. The third-order valence-corrected chi connectivity index (χ3v) is 6.79. The molecule has 0 aliphatic heterocycles. The molecule has 1 fully saturated rings. The number of aryl methyl sites for hydroxylation is 1. The highest BCUT2D eigenvalue weighted by Gasteiger charge is 2.22. The number of nitrogens with one attached hydrogen (secondary N) is 2. The molecule has 2 aromatic carbocycles. The van der Waals surface area contributed by atoms with Gasteiger partial charge in [0.1, 0.15) is 12.4 Å². The van der Waals surface area contributed by atoms with E-state index in [0.29, 0.717) is 13.0 Å². The van der Waals surface area contributed by atoms with Crippen molar-refractivity contribution < 1.29 is 14.3 Å². The van der Waals surface area contributed by atoms with E-state index in [1.165, 1.54) is 49.7 Å². The normalized spacial score (nSPS) is 14.2. The van der Waals surface area contributed by atoms with E-state index >= 15 is 0 Å². The summed E-state index contributed by atoms with van der Waals surface area (Å²) >= 11 is 0. The summed E-state index contributed by atoms with van der Waals surface area (Å²) in [5.41, 5.74) is 2.21. The molecule has 40 heavy (non-hydrogen) atoms. The van der Waals surface area contributed by atoms with Gasteiger partial charge >= 0.3 is 0 Å². The fourth-order valence-corrected chi connectivity index (χ4v) is 4.67. The predicted molar refractivity (Wildman–Crippen MR) is 167 cm³/mol. The molecule has 1 aliphatic rings. The lowest BCUT2D eigenvalue weighted by atomic mass is 9.92. The number of nitrogens with zero attached hydrogens (tertiary/aromatic N) is 1. The van der Waals surface area contributed by atoms with Crippen LogP contribution in [0.5, 0.6) is 5.75 Å². The first-order chi connectivity index (χ1) is 18.9. The van der Waals surface area contributed by atoms with Gasteiger partial charge in [-0.2, -0.15) is 0 Å². The van der Waals surface area contributed by atoms with E-state index in [0.717, 1.165) is 23.8 Å². The monoisotopic (exact) mass is 553 g/mol. The lowest BCUT2D eigenvalue weighted by Crippen LogP contribution is -2.44. The van der Waals surface area contributed by atoms with Crippen molar-refractivity contribution in [1.82, 2.24) is 15.5 Å². The number of ether oxygens (including phenoxy) is 1. The van der Waals surface area contributed by atoms with E-state index in [9.17, 15) is 9.59 Å². The Hall–Kier alpha value is -2.86. The second-order valence-corrected chi connectivity index (χ2v) is 12.3. The molecule has 1 unspecified atom stereocenters. The van der Waals surface area contributed by atoms with Crippen molar-refractivity contribution in [2.75, 3.05) is 13.6 Å². The maximum absolute atomic E-state index is 10.9. The second-order valence-electron chi connectivity index (χ2n) is 12.3. The highest BCUT2D eigenvalue weighted by Crippen LogP contribution is 2.24. The zero-order chi connectivity index (χ0) is 30.0. The number of hydrogen-bond donors (Lipinski definition) is 2. The van der Waals surface area contributed by atoms with Gasteiger partial charge in [0.05, 0.1) is 6.54 Å². The molecule has 224 valence electrons. The fraction of sp³-hybridized carbons (Fsp3) is 0.588. The summed E-state index contributed by atoms with van der Waals surface area (Å²) in [5, 5.41) is 4.97. The smallest absolute Gasteiger partial charge is 0.239 e. The van der Waals surface area contributed by atoms with Crippen LogP contribution in [0.1, 0.15) is 91.2 Å². The molecule has 3 rings (SSSR count). The summed E-state index contributed by atoms with van der Waals surface area (Å²) in [6.07, 6.45) is 9.06. The van der Waals surface area contributed by atoms with Crippen LogP contribution in [0.4, 0.5) is 0 Å². The van der Waals surface area contributed by atoms with Gasteiger partial charge in [0.2, 0.25) is 12.3 Å². The number of benzene rings is 2. The van der Waals surface area contributed by atoms with Crippen LogP contribution < -0.4 is 15.4 Å². The van der Waals surface area contributed by atoms with Crippen LogP contribution in [-0.4, -0.2) is 48.4 Å². The summed E-state index contributed by atoms with van der Waals surface area (Å²) in [5.74, 6) is 1.57. The topological polar surface area (TPSA) is 70.7 Å². The molecule has 1 saturated carbocycles. The molecule has 0 saturated heterocycles. The van der Waals surface area contributed by atoms with E-state index in [1.54, 1.807) is 0 Å². The van der Waals surface area contributed by atoms with Gasteiger partial charge in [0.15, 0.2) is 0 Å². The molecule has 1 atom stereocenters. The van der Waals surface area contributed by atoms with Gasteiger partial charge < -0.3 is 20.3 Å². The minimum atomic E-state index is -0.234. The Morgan fingerprint density at radius 1 is 1.00 bits per heavy atom. The number of rotatable bonds is 10. The molecule has 2 amide bonds. The van der Waals surface area contributed by atoms with Gasteiger partial charge in [0, 0.05) is 17.6 Å². The third kappa shape index (κ3) is 17.0. The van der Waals surface area contributed by atoms with Crippen LogP contribution in [0.3, 0.4) is 0 Å². The van der Waals surface area contributed by atoms with E-state index < -0.39 is 0 Å². The van der Waals surface area contributed by atoms with Crippen molar-refractivity contribution in [2.45, 2.75) is 111 Å². The summed E-state index contributed by atoms with van der Waals surface area (Å²) in [4.78, 5) is 23.3. The van der Waals surface area contributed by atoms with E-state index in [-0.39, 0.29) is 18.0 Å². The van der Waals surface area contributed by atoms with E-state index in [1.807, 2.05) is 51.1 Å². The Morgan fingerprint density at radius 3 is 2.12 bits per heavy atom. The van der Waals surface area contributed by atoms with Gasteiger partial charge in [-0.15, -0.1) is 0 Å². The molecule has 0 bridgehead atoms. The first-order valence-corrected chi connectivity index (χ1v) is 14.8. The van der Waals surface area contributed by atoms with Crippen LogP contribution in [0.25, 0.3) is 0 Å². The van der Waals surface area contributed by atoms with Crippen molar-refractivity contribution in [3.63, 3.8) is 0 Å². The highest BCUT2D eigenvalue weighted by atomic mass is 16.5. The lowest BCUT2D eigenvalue weighted by molar-refractivity contribution is -0.123. The maximum atomic E-state index is 10.9. The average Bonchev–Trinajstić information content (AvgIpc) is 2.91. The van der Waals surface area contributed by atoms with Crippen molar-refractivity contribution in [3.8, 4) is 5.75 Å². The highest BCUT2D eigenvalue weighted by molar-refractivity contribution is 5.80. The second kappa shape index (κ2) is 19.3. The molecule has 0 radical (unpaired) electrons. The molecule has 6 nitrogen and oxygen atoms in total. The standard InChI is InChI=1S/C14H14O.C13H27N.C7H14N2O2/c1-12-7-9-14(10-8-12)15-11-13-5-3-2-4-6-13;1-11(2)10-12(3)14(4)13-8-6-5-7-9-13;1-7(2,3)9-6(11)4-8-5-10/h2-10H,11H2,1H3;11-13H,5-10H2,1-4H3;5H,4H2,1-3H3,(H,8,10)(H,9,11). The third-order valence-electron chi connectivity index (χ3n) is 6.79. The summed E-state index contributed by atoms with van der Waals surface area (Å²) in [7, 11) is 2.32. The lowest BCUT2D eigenvalue weighted by Gasteiger charge is -2.36. The minimum absolute atomic E-state index is 0.0424. The molecule has 1 aliphatic carbocycles. The molecule has 6 heteroatoms. The van der Waals surface area contributed by atoms with Gasteiger partial charge in [0.25, 0.3) is 0 Å². The number of amides is 2. The van der Waals surface area contributed by atoms with E-state index in [2.05, 4.69) is 74.5 Å². The maximum Gasteiger partial charge on any atom is 0.239 e. The SMILES string of the molecule is CC(C)(C)NC(=O)CNC=O.CC(C)CC(C)N(C)C1CCCCC1.Cc1ccc(OCc2ccccc2)cc1. The quantitative estimate of drug-likeness (QED) is 0.314. The Morgan fingerprint density at radius 2 is 1.60 bits per heavy atom. The molecular formula is C34H55N3O3. The number of carbonyl (C=O) groups is 2. The Balaban J connectivity index is 0.000000305. The van der Waals surface area contributed by atoms with Crippen molar-refractivity contribution in [3.05, 3.63) is 65.7 Å². The fourth-order valence-electron chi connectivity index (χ4n) is 4.67. The van der Waals surface area contributed by atoms with Gasteiger partial charge in [-0.1, -0.05) is 81.1 Å². The Bertz CT molecular complexity index is 933. The van der Waals surface area contributed by atoms with Crippen molar-refractivity contribution in [1.29, 1.82) is 0 Å². The minimum Gasteiger partial charge on any atom is -0.489 e. The molecule has 2 N–H and O–H groups in total. The Kier molecular flexibility index (Phi) is 16.9. The molecule has 0 spiro atoms. The van der Waals surface area contributed by atoms with Crippen molar-refractivity contribution in [2.24, 2.45) is 5.92 Å². The number of hydrogen-bond acceptors (Lipinski definition) is 4.